The SMILES string of the molecule is CCCNC(=O)[C@@H](Cc1ccccc1)N(Cc1ccc(Cl)c(Cl)c1)C(=O)CCC. The van der Waals surface area contributed by atoms with Crippen LogP contribution < -0.4 is 5.32 Å². The third-order valence-corrected chi connectivity index (χ3v) is 5.36. The van der Waals surface area contributed by atoms with Gasteiger partial charge in [0.1, 0.15) is 6.04 Å². The summed E-state index contributed by atoms with van der Waals surface area (Å²) in [6, 6.07) is 14.5. The van der Waals surface area contributed by atoms with Crippen molar-refractivity contribution in [2.24, 2.45) is 0 Å². The van der Waals surface area contributed by atoms with Crippen LogP contribution >= 0.6 is 23.2 Å². The van der Waals surface area contributed by atoms with Crippen LogP contribution in [-0.4, -0.2) is 29.3 Å². The van der Waals surface area contributed by atoms with Crippen LogP contribution in [0, 0.1) is 0 Å². The van der Waals surface area contributed by atoms with Crippen molar-refractivity contribution in [1.29, 1.82) is 0 Å². The van der Waals surface area contributed by atoms with Crippen molar-refractivity contribution in [2.45, 2.75) is 52.1 Å². The predicted octanol–water partition coefficient (Wildman–Crippen LogP) is 5.26. The van der Waals surface area contributed by atoms with Crippen LogP contribution in [0.25, 0.3) is 0 Å². The zero-order valence-electron chi connectivity index (χ0n) is 17.0. The minimum atomic E-state index is -0.600. The molecule has 0 saturated heterocycles. The Morgan fingerprint density at radius 3 is 2.31 bits per heavy atom. The number of benzene rings is 2. The standard InChI is InChI=1S/C23H28Cl2N2O2/c1-3-8-22(28)27(16-18-11-12-19(24)20(25)14-18)21(23(29)26-13-4-2)15-17-9-6-5-7-10-17/h5-7,9-12,14,21H,3-4,8,13,15-16H2,1-2H3,(H,26,29)/t21-/m1/s1. The van der Waals surface area contributed by atoms with Gasteiger partial charge in [-0.3, -0.25) is 9.59 Å². The first-order chi connectivity index (χ1) is 14.0. The normalized spacial score (nSPS) is 11.7. The summed E-state index contributed by atoms with van der Waals surface area (Å²) >= 11 is 12.2. The lowest BCUT2D eigenvalue weighted by Gasteiger charge is -2.31. The van der Waals surface area contributed by atoms with Gasteiger partial charge in [-0.2, -0.15) is 0 Å². The number of carbonyl (C=O) groups is 2. The van der Waals surface area contributed by atoms with Gasteiger partial charge in [-0.1, -0.05) is 73.4 Å². The molecule has 0 unspecified atom stereocenters. The van der Waals surface area contributed by atoms with Crippen LogP contribution in [0.4, 0.5) is 0 Å². The third-order valence-electron chi connectivity index (χ3n) is 4.62. The fourth-order valence-corrected chi connectivity index (χ4v) is 3.43. The van der Waals surface area contributed by atoms with E-state index in [1.807, 2.05) is 50.2 Å². The molecule has 0 aliphatic carbocycles. The Labute approximate surface area is 183 Å². The molecule has 2 aromatic carbocycles. The monoisotopic (exact) mass is 434 g/mol. The van der Waals surface area contributed by atoms with E-state index in [1.54, 1.807) is 17.0 Å². The van der Waals surface area contributed by atoms with E-state index in [1.165, 1.54) is 0 Å². The second kappa shape index (κ2) is 11.8. The van der Waals surface area contributed by atoms with Gasteiger partial charge in [-0.15, -0.1) is 0 Å². The Kier molecular flexibility index (Phi) is 9.49. The molecule has 2 rings (SSSR count). The average Bonchev–Trinajstić information content (AvgIpc) is 2.72. The van der Waals surface area contributed by atoms with Crippen LogP contribution in [0.2, 0.25) is 10.0 Å². The molecule has 0 heterocycles. The molecule has 2 aromatic rings. The van der Waals surface area contributed by atoms with Gasteiger partial charge in [0, 0.05) is 25.9 Å². The van der Waals surface area contributed by atoms with E-state index in [9.17, 15) is 9.59 Å². The third kappa shape index (κ3) is 7.06. The lowest BCUT2D eigenvalue weighted by Crippen LogP contribution is -2.50. The molecule has 0 spiro atoms. The summed E-state index contributed by atoms with van der Waals surface area (Å²) in [7, 11) is 0. The summed E-state index contributed by atoms with van der Waals surface area (Å²) < 4.78 is 0. The molecule has 0 radical (unpaired) electrons. The molecule has 1 atom stereocenters. The lowest BCUT2D eigenvalue weighted by atomic mass is 10.0. The maximum atomic E-state index is 13.0. The summed E-state index contributed by atoms with van der Waals surface area (Å²) in [5.41, 5.74) is 1.85. The maximum Gasteiger partial charge on any atom is 0.243 e. The molecule has 0 aromatic heterocycles. The summed E-state index contributed by atoms with van der Waals surface area (Å²) in [5, 5.41) is 3.85. The highest BCUT2D eigenvalue weighted by Crippen LogP contribution is 2.24. The summed E-state index contributed by atoms with van der Waals surface area (Å²) in [6.45, 7) is 4.83. The number of hydrogen-bond donors (Lipinski definition) is 1. The van der Waals surface area contributed by atoms with Gasteiger partial charge in [-0.25, -0.2) is 0 Å². The Balaban J connectivity index is 2.36. The molecule has 29 heavy (non-hydrogen) atoms. The number of halogens is 2. The number of carbonyl (C=O) groups excluding carboxylic acids is 2. The van der Waals surface area contributed by atoms with Gasteiger partial charge < -0.3 is 10.2 Å². The molecule has 0 bridgehead atoms. The first kappa shape index (κ1) is 23.2. The number of hydrogen-bond acceptors (Lipinski definition) is 2. The highest BCUT2D eigenvalue weighted by atomic mass is 35.5. The van der Waals surface area contributed by atoms with Crippen molar-refractivity contribution in [3.8, 4) is 0 Å². The Bertz CT molecular complexity index is 812. The first-order valence-corrected chi connectivity index (χ1v) is 10.8. The molecule has 0 aliphatic heterocycles. The van der Waals surface area contributed by atoms with Crippen LogP contribution in [0.5, 0.6) is 0 Å². The maximum absolute atomic E-state index is 13.0. The Morgan fingerprint density at radius 2 is 1.69 bits per heavy atom. The van der Waals surface area contributed by atoms with Crippen molar-refractivity contribution in [3.63, 3.8) is 0 Å². The van der Waals surface area contributed by atoms with Crippen LogP contribution in [0.3, 0.4) is 0 Å². The predicted molar refractivity (Wildman–Crippen MR) is 119 cm³/mol. The van der Waals surface area contributed by atoms with Crippen LogP contribution in [-0.2, 0) is 22.6 Å². The van der Waals surface area contributed by atoms with Gasteiger partial charge in [0.25, 0.3) is 0 Å². The van der Waals surface area contributed by atoms with E-state index in [-0.39, 0.29) is 11.8 Å². The molecule has 1 N–H and O–H groups in total. The number of rotatable bonds is 10. The van der Waals surface area contributed by atoms with Crippen molar-refractivity contribution in [2.75, 3.05) is 6.54 Å². The molecule has 6 heteroatoms. The second-order valence-corrected chi connectivity index (χ2v) is 7.83. The van der Waals surface area contributed by atoms with Crippen molar-refractivity contribution >= 4 is 35.0 Å². The summed E-state index contributed by atoms with van der Waals surface area (Å²) in [4.78, 5) is 27.7. The lowest BCUT2D eigenvalue weighted by molar-refractivity contribution is -0.141. The van der Waals surface area contributed by atoms with Gasteiger partial charge in [0.15, 0.2) is 0 Å². The molecule has 4 nitrogen and oxygen atoms in total. The fourth-order valence-electron chi connectivity index (χ4n) is 3.11. The zero-order valence-corrected chi connectivity index (χ0v) is 18.5. The minimum Gasteiger partial charge on any atom is -0.354 e. The van der Waals surface area contributed by atoms with Crippen LogP contribution in [0.15, 0.2) is 48.5 Å². The smallest absolute Gasteiger partial charge is 0.243 e. The highest BCUT2D eigenvalue weighted by molar-refractivity contribution is 6.42. The van der Waals surface area contributed by atoms with Crippen molar-refractivity contribution < 1.29 is 9.59 Å². The zero-order chi connectivity index (χ0) is 21.2. The van der Waals surface area contributed by atoms with E-state index in [0.717, 1.165) is 17.5 Å². The van der Waals surface area contributed by atoms with Gasteiger partial charge >= 0.3 is 0 Å². The molecular formula is C23H28Cl2N2O2. The van der Waals surface area contributed by atoms with Gasteiger partial charge in [0.05, 0.1) is 10.0 Å². The number of amides is 2. The molecule has 0 aliphatic rings. The Hall–Kier alpha value is -2.04. The quantitative estimate of drug-likeness (QED) is 0.554. The fraction of sp³-hybridized carbons (Fsp3) is 0.391. The molecule has 0 fully saturated rings. The topological polar surface area (TPSA) is 49.4 Å². The molecule has 0 saturated carbocycles. The molecule has 2 amide bonds. The summed E-state index contributed by atoms with van der Waals surface area (Å²) in [6.07, 6.45) is 2.38. The largest absolute Gasteiger partial charge is 0.354 e. The van der Waals surface area contributed by atoms with E-state index < -0.39 is 6.04 Å². The van der Waals surface area contributed by atoms with E-state index in [0.29, 0.717) is 42.4 Å². The second-order valence-electron chi connectivity index (χ2n) is 7.02. The van der Waals surface area contributed by atoms with Gasteiger partial charge in [0.2, 0.25) is 11.8 Å². The van der Waals surface area contributed by atoms with Crippen molar-refractivity contribution in [1.82, 2.24) is 10.2 Å². The highest BCUT2D eigenvalue weighted by Gasteiger charge is 2.29. The van der Waals surface area contributed by atoms with Crippen molar-refractivity contribution in [3.05, 3.63) is 69.7 Å². The molecule has 156 valence electrons. The average molecular weight is 435 g/mol. The number of nitrogens with one attached hydrogen (secondary N) is 1. The van der Waals surface area contributed by atoms with Gasteiger partial charge in [-0.05, 0) is 36.1 Å². The van der Waals surface area contributed by atoms with E-state index in [2.05, 4.69) is 5.32 Å². The van der Waals surface area contributed by atoms with E-state index >= 15 is 0 Å². The summed E-state index contributed by atoms with van der Waals surface area (Å²) in [5.74, 6) is -0.189. The number of nitrogens with zero attached hydrogens (tertiary/aromatic N) is 1. The minimum absolute atomic E-state index is 0.0499. The first-order valence-electron chi connectivity index (χ1n) is 10.0. The van der Waals surface area contributed by atoms with E-state index in [4.69, 9.17) is 23.2 Å². The van der Waals surface area contributed by atoms with Crippen LogP contribution in [0.1, 0.15) is 44.2 Å². The molecular weight excluding hydrogens is 407 g/mol. The Morgan fingerprint density at radius 1 is 0.966 bits per heavy atom.